The minimum absolute atomic E-state index is 0.0415. The Morgan fingerprint density at radius 1 is 1.11 bits per heavy atom. The number of hydrogen-bond donors (Lipinski definition) is 1. The summed E-state index contributed by atoms with van der Waals surface area (Å²) in [5, 5.41) is 2.90. The van der Waals surface area contributed by atoms with Gasteiger partial charge in [-0.2, -0.15) is 0 Å². The molecule has 0 spiro atoms. The van der Waals surface area contributed by atoms with E-state index < -0.39 is 28.5 Å². The van der Waals surface area contributed by atoms with E-state index in [1.807, 2.05) is 38.1 Å². The first-order valence-corrected chi connectivity index (χ1v) is 13.9. The van der Waals surface area contributed by atoms with Crippen LogP contribution < -0.4 is 19.1 Å². The minimum Gasteiger partial charge on any atom is -0.454 e. The van der Waals surface area contributed by atoms with Crippen LogP contribution in [0, 0.1) is 0 Å². The molecule has 2 aromatic carbocycles. The minimum atomic E-state index is -3.83. The maximum absolute atomic E-state index is 13.6. The Bertz CT molecular complexity index is 1190. The second-order valence-corrected chi connectivity index (χ2v) is 11.3. The van der Waals surface area contributed by atoms with Gasteiger partial charge in [-0.15, -0.1) is 0 Å². The van der Waals surface area contributed by atoms with Crippen molar-refractivity contribution < 1.29 is 27.5 Å². The Labute approximate surface area is 214 Å². The predicted molar refractivity (Wildman–Crippen MR) is 137 cm³/mol. The highest BCUT2D eigenvalue weighted by Crippen LogP contribution is 2.36. The van der Waals surface area contributed by atoms with E-state index in [9.17, 15) is 18.0 Å². The molecule has 190 valence electrons. The summed E-state index contributed by atoms with van der Waals surface area (Å²) < 4.78 is 37.9. The summed E-state index contributed by atoms with van der Waals surface area (Å²) in [4.78, 5) is 27.9. The Kier molecular flexibility index (Phi) is 8.65. The highest BCUT2D eigenvalue weighted by Gasteiger charge is 2.31. The predicted octanol–water partition coefficient (Wildman–Crippen LogP) is 3.28. The van der Waals surface area contributed by atoms with Crippen molar-refractivity contribution in [2.24, 2.45) is 0 Å². The molecule has 2 amide bonds. The number of amides is 2. The zero-order valence-electron chi connectivity index (χ0n) is 20.2. The number of carbonyl (C=O) groups is 2. The number of rotatable bonds is 10. The molecule has 2 aromatic rings. The second-order valence-electron chi connectivity index (χ2n) is 8.45. The van der Waals surface area contributed by atoms with Crippen LogP contribution in [0.1, 0.15) is 32.8 Å². The van der Waals surface area contributed by atoms with E-state index in [0.717, 1.165) is 27.0 Å². The highest BCUT2D eigenvalue weighted by atomic mass is 79.9. The van der Waals surface area contributed by atoms with Gasteiger partial charge in [0.15, 0.2) is 11.5 Å². The average Bonchev–Trinajstić information content (AvgIpc) is 3.27. The molecule has 11 heteroatoms. The van der Waals surface area contributed by atoms with Crippen molar-refractivity contribution in [3.8, 4) is 11.5 Å². The SMILES string of the molecule is CCC(C)NC(=O)C(C)N(Cc1cccc(Br)c1)C(=O)CN(c1ccc2c(c1)OCO2)S(C)(=O)=O. The number of ether oxygens (including phenoxy) is 2. The Balaban J connectivity index is 1.91. The number of anilines is 1. The lowest BCUT2D eigenvalue weighted by atomic mass is 10.1. The van der Waals surface area contributed by atoms with Gasteiger partial charge in [0.05, 0.1) is 11.9 Å². The lowest BCUT2D eigenvalue weighted by Gasteiger charge is -2.32. The fraction of sp³-hybridized carbons (Fsp3) is 0.417. The molecule has 0 aliphatic carbocycles. The number of hydrogen-bond acceptors (Lipinski definition) is 6. The maximum atomic E-state index is 13.6. The monoisotopic (exact) mass is 567 g/mol. The van der Waals surface area contributed by atoms with Crippen molar-refractivity contribution in [3.63, 3.8) is 0 Å². The van der Waals surface area contributed by atoms with Gasteiger partial charge in [-0.25, -0.2) is 8.42 Å². The molecule has 2 unspecified atom stereocenters. The van der Waals surface area contributed by atoms with Gasteiger partial charge >= 0.3 is 0 Å². The molecule has 1 heterocycles. The van der Waals surface area contributed by atoms with E-state index in [1.165, 1.54) is 11.0 Å². The molecule has 0 aromatic heterocycles. The molecule has 9 nitrogen and oxygen atoms in total. The van der Waals surface area contributed by atoms with Crippen molar-refractivity contribution >= 4 is 43.5 Å². The van der Waals surface area contributed by atoms with E-state index in [4.69, 9.17) is 9.47 Å². The van der Waals surface area contributed by atoms with Gasteiger partial charge in [0.1, 0.15) is 12.6 Å². The summed E-state index contributed by atoms with van der Waals surface area (Å²) in [5.74, 6) is 0.0765. The van der Waals surface area contributed by atoms with Crippen LogP contribution in [-0.4, -0.2) is 56.8 Å². The van der Waals surface area contributed by atoms with E-state index >= 15 is 0 Å². The Morgan fingerprint density at radius 2 is 1.83 bits per heavy atom. The summed E-state index contributed by atoms with van der Waals surface area (Å²) >= 11 is 3.43. The van der Waals surface area contributed by atoms with Gasteiger partial charge in [-0.1, -0.05) is 35.0 Å². The van der Waals surface area contributed by atoms with Gasteiger partial charge in [0.2, 0.25) is 28.6 Å². The highest BCUT2D eigenvalue weighted by molar-refractivity contribution is 9.10. The molecule has 1 aliphatic heterocycles. The standard InChI is InChI=1S/C24H30BrN3O6S/c1-5-16(2)26-24(30)17(3)27(13-18-7-6-8-19(25)11-18)23(29)14-28(35(4,31)32)20-9-10-21-22(12-20)34-15-33-21/h6-12,16-17H,5,13-15H2,1-4H3,(H,26,30). The largest absolute Gasteiger partial charge is 0.454 e. The second kappa shape index (κ2) is 11.3. The molecule has 1 N–H and O–H groups in total. The average molecular weight is 568 g/mol. The summed E-state index contributed by atoms with van der Waals surface area (Å²) in [6.45, 7) is 5.17. The summed E-state index contributed by atoms with van der Waals surface area (Å²) in [6, 6.07) is 11.2. The molecule has 35 heavy (non-hydrogen) atoms. The van der Waals surface area contributed by atoms with Gasteiger partial charge in [0.25, 0.3) is 0 Å². The third-order valence-electron chi connectivity index (χ3n) is 5.73. The van der Waals surface area contributed by atoms with Crippen LogP contribution in [0.4, 0.5) is 5.69 Å². The van der Waals surface area contributed by atoms with Gasteiger partial charge in [-0.05, 0) is 50.1 Å². The third-order valence-corrected chi connectivity index (χ3v) is 7.37. The molecular formula is C24H30BrN3O6S. The molecule has 2 atom stereocenters. The lowest BCUT2D eigenvalue weighted by Crippen LogP contribution is -2.52. The number of nitrogens with one attached hydrogen (secondary N) is 1. The number of benzene rings is 2. The smallest absolute Gasteiger partial charge is 0.244 e. The van der Waals surface area contributed by atoms with Crippen LogP contribution in [0.2, 0.25) is 0 Å². The third kappa shape index (κ3) is 6.88. The van der Waals surface area contributed by atoms with E-state index in [-0.39, 0.29) is 31.0 Å². The molecule has 0 bridgehead atoms. The van der Waals surface area contributed by atoms with E-state index in [0.29, 0.717) is 11.5 Å². The van der Waals surface area contributed by atoms with Crippen molar-refractivity contribution in [2.45, 2.75) is 45.8 Å². The van der Waals surface area contributed by atoms with Crippen LogP contribution in [0.3, 0.4) is 0 Å². The Morgan fingerprint density at radius 3 is 2.49 bits per heavy atom. The lowest BCUT2D eigenvalue weighted by molar-refractivity contribution is -0.139. The summed E-state index contributed by atoms with van der Waals surface area (Å²) in [6.07, 6.45) is 1.77. The fourth-order valence-electron chi connectivity index (χ4n) is 3.53. The van der Waals surface area contributed by atoms with Gasteiger partial charge < -0.3 is 19.7 Å². The molecule has 0 saturated heterocycles. The van der Waals surface area contributed by atoms with Crippen LogP contribution in [0.5, 0.6) is 11.5 Å². The van der Waals surface area contributed by atoms with Gasteiger partial charge in [-0.3, -0.25) is 13.9 Å². The van der Waals surface area contributed by atoms with Crippen molar-refractivity contribution in [2.75, 3.05) is 23.9 Å². The van der Waals surface area contributed by atoms with Crippen LogP contribution in [0.15, 0.2) is 46.9 Å². The molecule has 0 radical (unpaired) electrons. The molecule has 0 saturated carbocycles. The zero-order chi connectivity index (χ0) is 25.8. The number of fused-ring (bicyclic) bond motifs is 1. The van der Waals surface area contributed by atoms with E-state index in [1.54, 1.807) is 19.1 Å². The van der Waals surface area contributed by atoms with Crippen molar-refractivity contribution in [1.29, 1.82) is 0 Å². The first-order valence-electron chi connectivity index (χ1n) is 11.2. The van der Waals surface area contributed by atoms with E-state index in [2.05, 4.69) is 21.2 Å². The number of sulfonamides is 1. The first-order chi connectivity index (χ1) is 16.5. The topological polar surface area (TPSA) is 105 Å². The fourth-order valence-corrected chi connectivity index (χ4v) is 4.82. The quantitative estimate of drug-likeness (QED) is 0.472. The van der Waals surface area contributed by atoms with Crippen LogP contribution in [-0.2, 0) is 26.2 Å². The zero-order valence-corrected chi connectivity index (χ0v) is 22.6. The first kappa shape index (κ1) is 26.8. The van der Waals surface area contributed by atoms with Gasteiger partial charge in [0, 0.05) is 23.1 Å². The number of halogens is 1. The Hall–Kier alpha value is -2.79. The van der Waals surface area contributed by atoms with Crippen LogP contribution in [0.25, 0.3) is 0 Å². The molecule has 0 fully saturated rings. The summed E-state index contributed by atoms with van der Waals surface area (Å²) in [7, 11) is -3.83. The molecule has 1 aliphatic rings. The number of nitrogens with zero attached hydrogens (tertiary/aromatic N) is 2. The molecule has 3 rings (SSSR count). The maximum Gasteiger partial charge on any atom is 0.244 e. The van der Waals surface area contributed by atoms with Crippen molar-refractivity contribution in [1.82, 2.24) is 10.2 Å². The summed E-state index contributed by atoms with van der Waals surface area (Å²) in [5.41, 5.74) is 1.06. The normalized spacial score (nSPS) is 14.2. The number of carbonyl (C=O) groups excluding carboxylic acids is 2. The van der Waals surface area contributed by atoms with Crippen LogP contribution >= 0.6 is 15.9 Å². The molecular weight excluding hydrogens is 538 g/mol. The van der Waals surface area contributed by atoms with Crippen molar-refractivity contribution in [3.05, 3.63) is 52.5 Å².